The van der Waals surface area contributed by atoms with Gasteiger partial charge in [-0.3, -0.25) is 4.90 Å². The molecule has 1 N–H and O–H groups in total. The standard InChI is InChI=1S/C15H24N2O/c1-2-14-5-3-6-15(13-14)18-12-11-17-9-4-7-16-8-10-17/h3,5-6,13,16H,2,4,7-12H2,1H3. The van der Waals surface area contributed by atoms with Crippen LogP contribution in [0.5, 0.6) is 5.75 Å². The van der Waals surface area contributed by atoms with Gasteiger partial charge in [-0.2, -0.15) is 0 Å². The van der Waals surface area contributed by atoms with Crippen molar-refractivity contribution in [2.75, 3.05) is 39.3 Å². The fraction of sp³-hybridized carbons (Fsp3) is 0.600. The van der Waals surface area contributed by atoms with E-state index in [1.54, 1.807) is 0 Å². The van der Waals surface area contributed by atoms with Crippen molar-refractivity contribution < 1.29 is 4.74 Å². The molecule has 1 fully saturated rings. The lowest BCUT2D eigenvalue weighted by molar-refractivity contribution is 0.217. The van der Waals surface area contributed by atoms with E-state index in [1.807, 2.05) is 6.07 Å². The minimum Gasteiger partial charge on any atom is -0.492 e. The minimum atomic E-state index is 0.785. The average molecular weight is 248 g/mol. The van der Waals surface area contributed by atoms with Crippen LogP contribution in [0.3, 0.4) is 0 Å². The second-order valence-electron chi connectivity index (χ2n) is 4.79. The highest BCUT2D eigenvalue weighted by Gasteiger charge is 2.07. The molecule has 1 aliphatic rings. The molecule has 0 saturated carbocycles. The smallest absolute Gasteiger partial charge is 0.119 e. The molecule has 3 heteroatoms. The Bertz CT molecular complexity index is 346. The summed E-state index contributed by atoms with van der Waals surface area (Å²) in [6.07, 6.45) is 2.31. The Morgan fingerprint density at radius 1 is 1.28 bits per heavy atom. The lowest BCUT2D eigenvalue weighted by atomic mass is 10.2. The zero-order valence-electron chi connectivity index (χ0n) is 11.3. The summed E-state index contributed by atoms with van der Waals surface area (Å²) >= 11 is 0. The number of hydrogen-bond acceptors (Lipinski definition) is 3. The summed E-state index contributed by atoms with van der Waals surface area (Å²) in [6, 6.07) is 8.41. The molecule has 100 valence electrons. The number of nitrogens with zero attached hydrogens (tertiary/aromatic N) is 1. The molecule has 0 aliphatic carbocycles. The Hall–Kier alpha value is -1.06. The maximum atomic E-state index is 5.83. The average Bonchev–Trinajstić information content (AvgIpc) is 2.68. The van der Waals surface area contributed by atoms with Crippen molar-refractivity contribution in [3.8, 4) is 5.75 Å². The third-order valence-corrected chi connectivity index (χ3v) is 3.42. The Morgan fingerprint density at radius 3 is 3.11 bits per heavy atom. The summed E-state index contributed by atoms with van der Waals surface area (Å²) in [5.74, 6) is 1.00. The first-order valence-corrected chi connectivity index (χ1v) is 7.03. The zero-order valence-corrected chi connectivity index (χ0v) is 11.3. The fourth-order valence-corrected chi connectivity index (χ4v) is 2.27. The molecule has 1 aromatic carbocycles. The second kappa shape index (κ2) is 7.39. The van der Waals surface area contributed by atoms with Crippen molar-refractivity contribution in [3.63, 3.8) is 0 Å². The van der Waals surface area contributed by atoms with Gasteiger partial charge in [0.2, 0.25) is 0 Å². The quantitative estimate of drug-likeness (QED) is 0.861. The first-order valence-electron chi connectivity index (χ1n) is 7.03. The van der Waals surface area contributed by atoms with E-state index in [4.69, 9.17) is 4.74 Å². The molecule has 0 amide bonds. The molecule has 1 aromatic rings. The number of aryl methyl sites for hydroxylation is 1. The maximum Gasteiger partial charge on any atom is 0.119 e. The van der Waals surface area contributed by atoms with Crippen molar-refractivity contribution in [2.24, 2.45) is 0 Å². The van der Waals surface area contributed by atoms with E-state index in [9.17, 15) is 0 Å². The van der Waals surface area contributed by atoms with Gasteiger partial charge in [-0.1, -0.05) is 19.1 Å². The number of ether oxygens (including phenoxy) is 1. The van der Waals surface area contributed by atoms with Gasteiger partial charge in [0.1, 0.15) is 12.4 Å². The molecule has 2 rings (SSSR count). The Kier molecular flexibility index (Phi) is 5.49. The van der Waals surface area contributed by atoms with Gasteiger partial charge in [-0.25, -0.2) is 0 Å². The highest BCUT2D eigenvalue weighted by atomic mass is 16.5. The van der Waals surface area contributed by atoms with E-state index in [-0.39, 0.29) is 0 Å². The van der Waals surface area contributed by atoms with Crippen molar-refractivity contribution in [1.82, 2.24) is 10.2 Å². The monoisotopic (exact) mass is 248 g/mol. The van der Waals surface area contributed by atoms with Crippen LogP contribution in [-0.2, 0) is 6.42 Å². The number of hydrogen-bond donors (Lipinski definition) is 1. The summed E-state index contributed by atoms with van der Waals surface area (Å²) in [5.41, 5.74) is 1.34. The van der Waals surface area contributed by atoms with Crippen LogP contribution in [0.2, 0.25) is 0 Å². The number of rotatable bonds is 5. The van der Waals surface area contributed by atoms with Crippen LogP contribution in [0.15, 0.2) is 24.3 Å². The second-order valence-corrected chi connectivity index (χ2v) is 4.79. The first-order chi connectivity index (χ1) is 8.88. The Balaban J connectivity index is 1.73. The van der Waals surface area contributed by atoms with Crippen molar-refractivity contribution in [3.05, 3.63) is 29.8 Å². The van der Waals surface area contributed by atoms with Crippen LogP contribution in [0.1, 0.15) is 18.9 Å². The molecule has 0 bridgehead atoms. The van der Waals surface area contributed by atoms with E-state index < -0.39 is 0 Å². The van der Waals surface area contributed by atoms with E-state index in [0.29, 0.717) is 0 Å². The number of nitrogens with one attached hydrogen (secondary N) is 1. The lowest BCUT2D eigenvalue weighted by Crippen LogP contribution is -2.31. The predicted octanol–water partition coefficient (Wildman–Crippen LogP) is 1.92. The van der Waals surface area contributed by atoms with Crippen molar-refractivity contribution in [2.45, 2.75) is 19.8 Å². The minimum absolute atomic E-state index is 0.785. The molecular formula is C15H24N2O. The normalized spacial score (nSPS) is 17.4. The summed E-state index contributed by atoms with van der Waals surface area (Å²) in [5, 5.41) is 3.42. The van der Waals surface area contributed by atoms with Crippen molar-refractivity contribution in [1.29, 1.82) is 0 Å². The van der Waals surface area contributed by atoms with Gasteiger partial charge in [0.25, 0.3) is 0 Å². The lowest BCUT2D eigenvalue weighted by Gasteiger charge is -2.19. The molecule has 1 aliphatic heterocycles. The summed E-state index contributed by atoms with van der Waals surface area (Å²) < 4.78 is 5.83. The van der Waals surface area contributed by atoms with Crippen LogP contribution in [-0.4, -0.2) is 44.2 Å². The largest absolute Gasteiger partial charge is 0.492 e. The molecule has 1 saturated heterocycles. The third-order valence-electron chi connectivity index (χ3n) is 3.42. The molecular weight excluding hydrogens is 224 g/mol. The summed E-state index contributed by atoms with van der Waals surface area (Å²) in [4.78, 5) is 2.48. The van der Waals surface area contributed by atoms with Crippen molar-refractivity contribution >= 4 is 0 Å². The molecule has 0 unspecified atom stereocenters. The van der Waals surface area contributed by atoms with Gasteiger partial charge >= 0.3 is 0 Å². The maximum absolute atomic E-state index is 5.83. The van der Waals surface area contributed by atoms with E-state index in [1.165, 1.54) is 18.5 Å². The highest BCUT2D eigenvalue weighted by Crippen LogP contribution is 2.13. The zero-order chi connectivity index (χ0) is 12.6. The molecule has 3 nitrogen and oxygen atoms in total. The first kappa shape index (κ1) is 13.4. The molecule has 1 heterocycles. The molecule has 0 atom stereocenters. The van der Waals surface area contributed by atoms with Crippen LogP contribution in [0.25, 0.3) is 0 Å². The Morgan fingerprint density at radius 2 is 2.22 bits per heavy atom. The van der Waals surface area contributed by atoms with Crippen LogP contribution < -0.4 is 10.1 Å². The molecule has 18 heavy (non-hydrogen) atoms. The van der Waals surface area contributed by atoms with Gasteiger partial charge < -0.3 is 10.1 Å². The number of benzene rings is 1. The Labute approximate surface area is 110 Å². The van der Waals surface area contributed by atoms with Gasteiger partial charge in [0.15, 0.2) is 0 Å². The predicted molar refractivity (Wildman–Crippen MR) is 75.2 cm³/mol. The van der Waals surface area contributed by atoms with E-state index >= 15 is 0 Å². The van der Waals surface area contributed by atoms with Gasteiger partial charge in [0.05, 0.1) is 0 Å². The van der Waals surface area contributed by atoms with Crippen LogP contribution in [0.4, 0.5) is 0 Å². The summed E-state index contributed by atoms with van der Waals surface area (Å²) in [6.45, 7) is 8.56. The van der Waals surface area contributed by atoms with E-state index in [2.05, 4.69) is 35.3 Å². The van der Waals surface area contributed by atoms with Gasteiger partial charge in [-0.15, -0.1) is 0 Å². The van der Waals surface area contributed by atoms with Crippen LogP contribution >= 0.6 is 0 Å². The van der Waals surface area contributed by atoms with Gasteiger partial charge in [0, 0.05) is 19.6 Å². The topological polar surface area (TPSA) is 24.5 Å². The van der Waals surface area contributed by atoms with Crippen LogP contribution in [0, 0.1) is 0 Å². The SMILES string of the molecule is CCc1cccc(OCCN2CCCNCC2)c1. The third kappa shape index (κ3) is 4.31. The molecule has 0 radical (unpaired) electrons. The van der Waals surface area contributed by atoms with Gasteiger partial charge in [-0.05, 0) is 43.6 Å². The fourth-order valence-electron chi connectivity index (χ4n) is 2.27. The van der Waals surface area contributed by atoms with E-state index in [0.717, 1.165) is 45.0 Å². The summed E-state index contributed by atoms with van der Waals surface area (Å²) in [7, 11) is 0. The highest BCUT2D eigenvalue weighted by molar-refractivity contribution is 5.28. The molecule has 0 aromatic heterocycles. The molecule has 0 spiro atoms.